The van der Waals surface area contributed by atoms with Crippen LogP contribution in [0.3, 0.4) is 0 Å². The van der Waals surface area contributed by atoms with Crippen LogP contribution in [-0.2, 0) is 9.05 Å². The van der Waals surface area contributed by atoms with Crippen LogP contribution in [-0.4, -0.2) is 68.8 Å². The van der Waals surface area contributed by atoms with Crippen molar-refractivity contribution in [1.29, 1.82) is 10.5 Å². The van der Waals surface area contributed by atoms with E-state index in [1.165, 1.54) is 0 Å². The first kappa shape index (κ1) is 29.6. The van der Waals surface area contributed by atoms with Gasteiger partial charge in [0.25, 0.3) is 0 Å². The van der Waals surface area contributed by atoms with Gasteiger partial charge in [-0.2, -0.15) is 0 Å². The van der Waals surface area contributed by atoms with E-state index in [1.54, 1.807) is 0 Å². The van der Waals surface area contributed by atoms with Gasteiger partial charge >= 0.3 is 185 Å². The Morgan fingerprint density at radius 1 is 0.667 bits per heavy atom. The van der Waals surface area contributed by atoms with Crippen molar-refractivity contribution in [3.8, 4) is 12.1 Å². The molecule has 0 aromatic rings. The Kier molecular flexibility index (Phi) is 13.7. The topological polar surface area (TPSA) is 113 Å². The third kappa shape index (κ3) is 8.99. The van der Waals surface area contributed by atoms with E-state index in [0.717, 1.165) is 0 Å². The molecule has 30 heavy (non-hydrogen) atoms. The van der Waals surface area contributed by atoms with Crippen molar-refractivity contribution in [3.05, 3.63) is 0 Å². The summed E-state index contributed by atoms with van der Waals surface area (Å²) in [6.07, 6.45) is 1.02. The Morgan fingerprint density at radius 2 is 0.933 bits per heavy atom. The predicted molar refractivity (Wildman–Crippen MR) is 127 cm³/mol. The van der Waals surface area contributed by atoms with E-state index in [0.29, 0.717) is 12.3 Å². The summed E-state index contributed by atoms with van der Waals surface area (Å²) in [5.74, 6) is 0. The SMILES string of the molecule is CC(C)N(C(C)C)[PH](O)(CCC#N)OCCO[PH](O)(CCC#N)N(C(C)C)C(C)C. The second-order valence-electron chi connectivity index (χ2n) is 8.69. The molecule has 0 aliphatic heterocycles. The zero-order valence-corrected chi connectivity index (χ0v) is 22.1. The number of nitrogens with zero attached hydrogens (tertiary/aromatic N) is 4. The number of hydrogen-bond donors (Lipinski definition) is 2. The molecule has 0 aromatic carbocycles. The summed E-state index contributed by atoms with van der Waals surface area (Å²) in [5, 5.41) is 18.0. The van der Waals surface area contributed by atoms with Crippen LogP contribution < -0.4 is 0 Å². The molecule has 0 bridgehead atoms. The molecule has 0 saturated heterocycles. The summed E-state index contributed by atoms with van der Waals surface area (Å²) in [6, 6.07) is 4.48. The minimum absolute atomic E-state index is 0.0700. The van der Waals surface area contributed by atoms with Crippen molar-refractivity contribution in [2.24, 2.45) is 0 Å². The molecule has 0 saturated carbocycles. The van der Waals surface area contributed by atoms with Crippen LogP contribution >= 0.6 is 15.7 Å². The van der Waals surface area contributed by atoms with Gasteiger partial charge in [-0.25, -0.2) is 0 Å². The van der Waals surface area contributed by atoms with E-state index >= 15 is 0 Å². The van der Waals surface area contributed by atoms with Crippen LogP contribution in [0.15, 0.2) is 0 Å². The van der Waals surface area contributed by atoms with Gasteiger partial charge in [0.05, 0.1) is 0 Å². The third-order valence-corrected chi connectivity index (χ3v) is 11.7. The van der Waals surface area contributed by atoms with E-state index < -0.39 is 15.7 Å². The van der Waals surface area contributed by atoms with Crippen LogP contribution in [0.1, 0.15) is 68.2 Å². The Bertz CT molecular complexity index is 514. The van der Waals surface area contributed by atoms with Crippen molar-refractivity contribution in [2.75, 3.05) is 25.5 Å². The summed E-state index contributed by atoms with van der Waals surface area (Å²) in [6.45, 7) is 16.2. The van der Waals surface area contributed by atoms with Gasteiger partial charge in [-0.3, -0.25) is 0 Å². The summed E-state index contributed by atoms with van der Waals surface area (Å²) >= 11 is 0. The third-order valence-electron chi connectivity index (χ3n) is 4.91. The van der Waals surface area contributed by atoms with E-state index in [-0.39, 0.29) is 50.2 Å². The molecule has 0 atom stereocenters. The summed E-state index contributed by atoms with van der Waals surface area (Å²) in [4.78, 5) is 22.7. The first-order valence-electron chi connectivity index (χ1n) is 10.9. The van der Waals surface area contributed by atoms with Crippen LogP contribution in [0, 0.1) is 22.7 Å². The van der Waals surface area contributed by atoms with Gasteiger partial charge in [-0.05, 0) is 0 Å². The number of rotatable bonds is 15. The summed E-state index contributed by atoms with van der Waals surface area (Å²) in [5.41, 5.74) is 0. The first-order chi connectivity index (χ1) is 13.9. The van der Waals surface area contributed by atoms with Crippen molar-refractivity contribution in [1.82, 2.24) is 9.34 Å². The fraction of sp³-hybridized carbons (Fsp3) is 0.900. The van der Waals surface area contributed by atoms with Crippen LogP contribution in [0.4, 0.5) is 0 Å². The number of nitriles is 2. The average Bonchev–Trinajstić information content (AvgIpc) is 2.61. The molecule has 0 amide bonds. The Hall–Kier alpha value is -0.400. The van der Waals surface area contributed by atoms with E-state index in [4.69, 9.17) is 19.6 Å². The van der Waals surface area contributed by atoms with Crippen molar-refractivity contribution >= 4 is 15.7 Å². The van der Waals surface area contributed by atoms with Gasteiger partial charge in [0, 0.05) is 0 Å². The van der Waals surface area contributed by atoms with Gasteiger partial charge in [-0.15, -0.1) is 0 Å². The van der Waals surface area contributed by atoms with Gasteiger partial charge in [-0.1, -0.05) is 0 Å². The molecule has 0 aliphatic rings. The first-order valence-corrected chi connectivity index (χ1v) is 14.9. The molecule has 10 heteroatoms. The van der Waals surface area contributed by atoms with Gasteiger partial charge in [0.1, 0.15) is 0 Å². The van der Waals surface area contributed by atoms with Gasteiger partial charge in [0.2, 0.25) is 0 Å². The zero-order chi connectivity index (χ0) is 23.5. The van der Waals surface area contributed by atoms with Crippen molar-refractivity contribution in [3.63, 3.8) is 0 Å². The summed E-state index contributed by atoms with van der Waals surface area (Å²) in [7, 11) is -6.64. The molecular weight excluding hydrogens is 422 g/mol. The molecule has 2 N–H and O–H groups in total. The van der Waals surface area contributed by atoms with E-state index in [1.807, 2.05) is 64.7 Å². The second-order valence-corrected chi connectivity index (χ2v) is 14.3. The van der Waals surface area contributed by atoms with Crippen LogP contribution in [0.2, 0.25) is 0 Å². The number of hydrogen-bond acceptors (Lipinski definition) is 8. The average molecular weight is 467 g/mol. The summed E-state index contributed by atoms with van der Waals surface area (Å²) < 4.78 is 15.9. The Balaban J connectivity index is 5.34. The van der Waals surface area contributed by atoms with Gasteiger partial charge in [0.15, 0.2) is 0 Å². The second kappa shape index (κ2) is 13.9. The Morgan fingerprint density at radius 3 is 1.13 bits per heavy atom. The fourth-order valence-electron chi connectivity index (χ4n) is 4.21. The standard InChI is InChI=1S/C20H44N4O4P2/c1-17(2)23(18(3)4)29(25,15-9-11-21)27-13-14-28-30(26,16-10-12-22)24(19(5)6)20(7)8/h17-20,25-26,29-30H,9-10,13-16H2,1-8H3. The molecule has 0 unspecified atom stereocenters. The Labute approximate surface area is 184 Å². The van der Waals surface area contributed by atoms with E-state index in [2.05, 4.69) is 12.1 Å². The molecule has 0 spiro atoms. The molecule has 0 radical (unpaired) electrons. The molecule has 8 nitrogen and oxygen atoms in total. The quantitative estimate of drug-likeness (QED) is 0.274. The molecule has 0 aromatic heterocycles. The fourth-order valence-corrected chi connectivity index (χ4v) is 10.2. The molecule has 0 aliphatic carbocycles. The molecular formula is C20H44N4O4P2. The van der Waals surface area contributed by atoms with Crippen molar-refractivity contribution in [2.45, 2.75) is 92.4 Å². The van der Waals surface area contributed by atoms with Gasteiger partial charge < -0.3 is 0 Å². The minimum atomic E-state index is -3.32. The molecule has 178 valence electrons. The normalized spacial score (nSPS) is 14.2. The van der Waals surface area contributed by atoms with Crippen LogP contribution in [0.25, 0.3) is 0 Å². The maximum atomic E-state index is 11.3. The molecule has 0 heterocycles. The molecule has 0 fully saturated rings. The molecule has 0 rings (SSSR count). The zero-order valence-electron chi connectivity index (χ0n) is 20.1. The monoisotopic (exact) mass is 466 g/mol. The van der Waals surface area contributed by atoms with Crippen molar-refractivity contribution < 1.29 is 18.8 Å². The van der Waals surface area contributed by atoms with Crippen LogP contribution in [0.5, 0.6) is 0 Å². The predicted octanol–water partition coefficient (Wildman–Crippen LogP) is 4.06. The van der Waals surface area contributed by atoms with E-state index in [9.17, 15) is 9.79 Å². The maximum absolute atomic E-state index is 11.3.